The van der Waals surface area contributed by atoms with Crippen LogP contribution in [0.15, 0.2) is 33.9 Å². The molecule has 0 fully saturated rings. The van der Waals surface area contributed by atoms with Crippen molar-refractivity contribution in [2.24, 2.45) is 7.05 Å². The summed E-state index contributed by atoms with van der Waals surface area (Å²) in [5, 5.41) is 9.82. The third kappa shape index (κ3) is 1.53. The van der Waals surface area contributed by atoms with E-state index in [0.717, 1.165) is 0 Å². The number of aromatic carboxylic acids is 1. The number of carboxylic acid groups (broad SMARTS) is 1. The number of aromatic amines is 1. The van der Waals surface area contributed by atoms with Crippen LogP contribution in [0, 0.1) is 0 Å². The van der Waals surface area contributed by atoms with Gasteiger partial charge in [0.2, 0.25) is 0 Å². The van der Waals surface area contributed by atoms with Gasteiger partial charge in [0.05, 0.1) is 16.6 Å². The van der Waals surface area contributed by atoms with E-state index in [9.17, 15) is 19.5 Å². The Hall–Kier alpha value is -2.96. The summed E-state index contributed by atoms with van der Waals surface area (Å²) in [5.41, 5.74) is -1.22. The molecule has 1 aromatic rings. The molecule has 7 nitrogen and oxygen atoms in total. The van der Waals surface area contributed by atoms with Crippen molar-refractivity contribution in [3.8, 4) is 11.4 Å². The van der Waals surface area contributed by atoms with Crippen LogP contribution in [0.5, 0.6) is 0 Å². The van der Waals surface area contributed by atoms with E-state index < -0.39 is 17.2 Å². The van der Waals surface area contributed by atoms with Gasteiger partial charge in [0, 0.05) is 12.4 Å². The minimum Gasteiger partial charge on any atom is -0.478 e. The first-order chi connectivity index (χ1) is 9.50. The van der Waals surface area contributed by atoms with Crippen LogP contribution < -0.4 is 11.2 Å². The summed E-state index contributed by atoms with van der Waals surface area (Å²) in [7, 11) is 1.63. The Morgan fingerprint density at radius 2 is 2.00 bits per heavy atom. The fourth-order valence-corrected chi connectivity index (χ4v) is 2.36. The first kappa shape index (κ1) is 12.1. The number of aromatic nitrogens is 3. The van der Waals surface area contributed by atoms with Crippen LogP contribution in [0.3, 0.4) is 0 Å². The maximum atomic E-state index is 11.9. The molecule has 0 aromatic heterocycles. The summed E-state index contributed by atoms with van der Waals surface area (Å²) in [6.45, 7) is 0. The number of nitrogens with zero attached hydrogens (tertiary/aromatic N) is 2. The smallest absolute Gasteiger partial charge is 0.349 e. The molecule has 0 radical (unpaired) electrons. The van der Waals surface area contributed by atoms with Crippen LogP contribution >= 0.6 is 0 Å². The average molecular weight is 271 g/mol. The number of benzene rings is 1. The average Bonchev–Trinajstić information content (AvgIpc) is 2.40. The highest BCUT2D eigenvalue weighted by molar-refractivity contribution is 6.08. The van der Waals surface area contributed by atoms with Gasteiger partial charge in [-0.15, -0.1) is 0 Å². The zero-order valence-corrected chi connectivity index (χ0v) is 10.4. The fraction of sp³-hybridized carbons (Fsp3) is 0.0769. The fourth-order valence-electron chi connectivity index (χ4n) is 2.36. The second-order valence-corrected chi connectivity index (χ2v) is 4.33. The maximum Gasteiger partial charge on any atom is 0.349 e. The van der Waals surface area contributed by atoms with Crippen molar-refractivity contribution >= 4 is 16.9 Å². The molecule has 0 saturated carbocycles. The number of fused-ring (bicyclic) bond motifs is 2. The first-order valence-electron chi connectivity index (χ1n) is 5.75. The Kier molecular flexibility index (Phi) is 2.43. The van der Waals surface area contributed by atoms with Crippen LogP contribution in [0.25, 0.3) is 22.3 Å². The standard InChI is InChI=1S/C13H9N3O4/c1-16-7-5-3-2-4-6(7)8(12(18)19)9-10(16)14-13(20)15-11(9)17/h2-5H,1H3,(H,18,19)(H,15,17,20). The largest absolute Gasteiger partial charge is 0.478 e. The SMILES string of the molecule is Cn1c2nc(=O)[nH]c(=O)c-2c(C(=O)O)c2ccccc21. The van der Waals surface area contributed by atoms with Crippen LogP contribution in [0.4, 0.5) is 0 Å². The van der Waals surface area contributed by atoms with Crippen LogP contribution in [0.1, 0.15) is 10.4 Å². The molecular weight excluding hydrogens is 262 g/mol. The maximum absolute atomic E-state index is 11.9. The van der Waals surface area contributed by atoms with Gasteiger partial charge in [-0.1, -0.05) is 18.2 Å². The van der Waals surface area contributed by atoms with Crippen molar-refractivity contribution in [1.29, 1.82) is 0 Å². The zero-order valence-electron chi connectivity index (χ0n) is 10.4. The van der Waals surface area contributed by atoms with Gasteiger partial charge >= 0.3 is 11.7 Å². The number of para-hydroxylation sites is 1. The number of carbonyl (C=O) groups is 1. The molecule has 0 unspecified atom stereocenters. The summed E-state index contributed by atoms with van der Waals surface area (Å²) >= 11 is 0. The van der Waals surface area contributed by atoms with Crippen molar-refractivity contribution in [2.75, 3.05) is 0 Å². The van der Waals surface area contributed by atoms with Gasteiger partial charge in [-0.2, -0.15) is 4.98 Å². The monoisotopic (exact) mass is 271 g/mol. The molecule has 1 aromatic carbocycles. The van der Waals surface area contributed by atoms with Crippen LogP contribution in [-0.2, 0) is 7.05 Å². The second kappa shape index (κ2) is 4.02. The molecule has 3 rings (SSSR count). The molecule has 2 aliphatic rings. The number of carboxylic acids is 1. The molecule has 0 aliphatic carbocycles. The molecule has 0 atom stereocenters. The Bertz CT molecular complexity index is 939. The lowest BCUT2D eigenvalue weighted by atomic mass is 10.0. The number of hydrogen-bond acceptors (Lipinski definition) is 4. The number of pyridine rings is 1. The topological polar surface area (TPSA) is 105 Å². The van der Waals surface area contributed by atoms with E-state index in [1.807, 2.05) is 4.98 Å². The summed E-state index contributed by atoms with van der Waals surface area (Å²) in [5.74, 6) is -1.19. The lowest BCUT2D eigenvalue weighted by Crippen LogP contribution is -2.29. The van der Waals surface area contributed by atoms with Crippen molar-refractivity contribution in [3.05, 3.63) is 50.7 Å². The lowest BCUT2D eigenvalue weighted by Gasteiger charge is -2.16. The van der Waals surface area contributed by atoms with Crippen molar-refractivity contribution in [2.45, 2.75) is 0 Å². The van der Waals surface area contributed by atoms with Crippen molar-refractivity contribution in [1.82, 2.24) is 14.5 Å². The Morgan fingerprint density at radius 1 is 1.30 bits per heavy atom. The third-order valence-corrected chi connectivity index (χ3v) is 3.19. The van der Waals surface area contributed by atoms with Crippen LogP contribution in [-0.4, -0.2) is 25.6 Å². The highest BCUT2D eigenvalue weighted by Gasteiger charge is 2.25. The summed E-state index contributed by atoms with van der Waals surface area (Å²) in [6.07, 6.45) is 0. The summed E-state index contributed by atoms with van der Waals surface area (Å²) < 4.78 is 1.54. The molecule has 100 valence electrons. The Labute approximate surface area is 111 Å². The molecule has 0 spiro atoms. The number of rotatable bonds is 1. The molecule has 0 amide bonds. The van der Waals surface area contributed by atoms with Gasteiger partial charge in [-0.3, -0.25) is 9.78 Å². The number of H-pyrrole nitrogens is 1. The highest BCUT2D eigenvalue weighted by atomic mass is 16.4. The molecular formula is C13H9N3O4. The van der Waals surface area contributed by atoms with Crippen molar-refractivity contribution in [3.63, 3.8) is 0 Å². The van der Waals surface area contributed by atoms with E-state index >= 15 is 0 Å². The van der Waals surface area contributed by atoms with Gasteiger partial charge in [-0.25, -0.2) is 9.59 Å². The normalized spacial score (nSPS) is 11.1. The van der Waals surface area contributed by atoms with Gasteiger partial charge < -0.3 is 9.67 Å². The molecule has 7 heteroatoms. The molecule has 2 aliphatic heterocycles. The predicted octanol–water partition coefficient (Wildman–Crippen LogP) is 0.425. The minimum absolute atomic E-state index is 0.0508. The van der Waals surface area contributed by atoms with E-state index in [4.69, 9.17) is 0 Å². The van der Waals surface area contributed by atoms with Crippen molar-refractivity contribution < 1.29 is 9.90 Å². The van der Waals surface area contributed by atoms with Gasteiger partial charge in [0.15, 0.2) is 5.82 Å². The number of hydrogen-bond donors (Lipinski definition) is 2. The summed E-state index contributed by atoms with van der Waals surface area (Å²) in [4.78, 5) is 40.5. The molecule has 2 heterocycles. The molecule has 0 bridgehead atoms. The molecule has 2 N–H and O–H groups in total. The third-order valence-electron chi connectivity index (χ3n) is 3.19. The van der Waals surface area contributed by atoms with Gasteiger partial charge in [0.25, 0.3) is 5.56 Å². The predicted molar refractivity (Wildman–Crippen MR) is 71.2 cm³/mol. The number of nitrogens with one attached hydrogen (secondary N) is 1. The second-order valence-electron chi connectivity index (χ2n) is 4.33. The summed E-state index contributed by atoms with van der Waals surface area (Å²) in [6, 6.07) is 6.74. The van der Waals surface area contributed by atoms with E-state index in [-0.39, 0.29) is 17.0 Å². The van der Waals surface area contributed by atoms with E-state index in [1.54, 1.807) is 31.3 Å². The molecule has 0 saturated heterocycles. The Balaban J connectivity index is 2.74. The minimum atomic E-state index is -1.24. The molecule has 20 heavy (non-hydrogen) atoms. The first-order valence-corrected chi connectivity index (χ1v) is 5.75. The van der Waals surface area contributed by atoms with E-state index in [1.165, 1.54) is 4.57 Å². The van der Waals surface area contributed by atoms with E-state index in [2.05, 4.69) is 4.98 Å². The van der Waals surface area contributed by atoms with E-state index in [0.29, 0.717) is 10.9 Å². The van der Waals surface area contributed by atoms with Gasteiger partial charge in [-0.05, 0) is 6.07 Å². The highest BCUT2D eigenvalue weighted by Crippen LogP contribution is 2.28. The number of aryl methyl sites for hydroxylation is 1. The quantitative estimate of drug-likeness (QED) is 0.624. The van der Waals surface area contributed by atoms with Crippen LogP contribution in [0.2, 0.25) is 0 Å². The lowest BCUT2D eigenvalue weighted by molar-refractivity contribution is 0.0699. The van der Waals surface area contributed by atoms with Gasteiger partial charge in [0.1, 0.15) is 0 Å². The zero-order chi connectivity index (χ0) is 14.4. The Morgan fingerprint density at radius 3 is 2.70 bits per heavy atom.